The second kappa shape index (κ2) is 8.53. The number of fused-ring (bicyclic) bond motifs is 1. The highest BCUT2D eigenvalue weighted by molar-refractivity contribution is 6.06. The Labute approximate surface area is 173 Å². The van der Waals surface area contributed by atoms with Gasteiger partial charge in [-0.05, 0) is 66.2 Å². The normalized spacial score (nSPS) is 12.0. The lowest BCUT2D eigenvalue weighted by atomic mass is 10.1. The maximum absolute atomic E-state index is 12.4. The van der Waals surface area contributed by atoms with Crippen LogP contribution in [0.25, 0.3) is 6.08 Å². The molecule has 1 aliphatic rings. The molecule has 0 aliphatic carbocycles. The highest BCUT2D eigenvalue weighted by Crippen LogP contribution is 2.32. The van der Waals surface area contributed by atoms with E-state index in [2.05, 4.69) is 0 Å². The number of rotatable bonds is 6. The summed E-state index contributed by atoms with van der Waals surface area (Å²) in [5.74, 6) is 1.52. The minimum atomic E-state index is -0.522. The van der Waals surface area contributed by atoms with E-state index in [9.17, 15) is 9.59 Å². The lowest BCUT2D eigenvalue weighted by molar-refractivity contribution is 0.0734. The van der Waals surface area contributed by atoms with Crippen LogP contribution in [0.3, 0.4) is 0 Å². The maximum Gasteiger partial charge on any atom is 0.343 e. The zero-order valence-corrected chi connectivity index (χ0v) is 16.2. The summed E-state index contributed by atoms with van der Waals surface area (Å²) in [5, 5.41) is 0. The molecule has 4 rings (SSSR count). The standard InChI is InChI=1S/C24H18O6/c1-27-19-8-2-16(3-9-19)4-12-21(25)17-5-10-20(11-6-17)30-24(26)18-7-13-22-23(14-18)29-15-28-22/h2-14H,15H2,1H3. The third-order valence-electron chi connectivity index (χ3n) is 4.50. The number of ether oxygens (including phenoxy) is 4. The summed E-state index contributed by atoms with van der Waals surface area (Å²) in [6.45, 7) is 0.135. The van der Waals surface area contributed by atoms with E-state index in [1.807, 2.05) is 24.3 Å². The molecular formula is C24H18O6. The van der Waals surface area contributed by atoms with Gasteiger partial charge in [0.25, 0.3) is 0 Å². The average molecular weight is 402 g/mol. The van der Waals surface area contributed by atoms with Crippen LogP contribution in [-0.4, -0.2) is 25.7 Å². The summed E-state index contributed by atoms with van der Waals surface area (Å²) >= 11 is 0. The molecule has 150 valence electrons. The van der Waals surface area contributed by atoms with E-state index < -0.39 is 5.97 Å². The Balaban J connectivity index is 1.38. The van der Waals surface area contributed by atoms with Gasteiger partial charge in [-0.2, -0.15) is 0 Å². The van der Waals surface area contributed by atoms with Gasteiger partial charge in [0.1, 0.15) is 11.5 Å². The fourth-order valence-electron chi connectivity index (χ4n) is 2.86. The number of benzene rings is 3. The van der Waals surface area contributed by atoms with E-state index in [1.165, 1.54) is 6.08 Å². The highest BCUT2D eigenvalue weighted by atomic mass is 16.7. The first-order valence-corrected chi connectivity index (χ1v) is 9.21. The number of hydrogen-bond acceptors (Lipinski definition) is 6. The third-order valence-corrected chi connectivity index (χ3v) is 4.50. The fourth-order valence-corrected chi connectivity index (χ4v) is 2.86. The monoisotopic (exact) mass is 402 g/mol. The molecule has 0 N–H and O–H groups in total. The van der Waals surface area contributed by atoms with Crippen molar-refractivity contribution in [1.82, 2.24) is 0 Å². The first-order chi connectivity index (χ1) is 14.6. The first kappa shape index (κ1) is 19.3. The van der Waals surface area contributed by atoms with Crippen LogP contribution >= 0.6 is 0 Å². The van der Waals surface area contributed by atoms with E-state index >= 15 is 0 Å². The average Bonchev–Trinajstić information content (AvgIpc) is 3.26. The van der Waals surface area contributed by atoms with Crippen molar-refractivity contribution in [3.05, 3.63) is 89.5 Å². The molecule has 30 heavy (non-hydrogen) atoms. The van der Waals surface area contributed by atoms with E-state index in [1.54, 1.807) is 55.7 Å². The van der Waals surface area contributed by atoms with Gasteiger partial charge in [0.05, 0.1) is 12.7 Å². The van der Waals surface area contributed by atoms with Crippen LogP contribution < -0.4 is 18.9 Å². The zero-order chi connectivity index (χ0) is 20.9. The topological polar surface area (TPSA) is 71.1 Å². The number of ketones is 1. The minimum absolute atomic E-state index is 0.135. The molecule has 0 saturated heterocycles. The second-order valence-electron chi connectivity index (χ2n) is 6.45. The predicted octanol–water partition coefficient (Wildman–Crippen LogP) is 4.54. The molecular weight excluding hydrogens is 384 g/mol. The number of esters is 1. The highest BCUT2D eigenvalue weighted by Gasteiger charge is 2.17. The lowest BCUT2D eigenvalue weighted by Crippen LogP contribution is -2.08. The van der Waals surface area contributed by atoms with Gasteiger partial charge in [0.15, 0.2) is 17.3 Å². The van der Waals surface area contributed by atoms with Gasteiger partial charge in [-0.3, -0.25) is 4.79 Å². The molecule has 3 aromatic rings. The number of allylic oxidation sites excluding steroid dienone is 1. The van der Waals surface area contributed by atoms with Crippen LogP contribution in [0.15, 0.2) is 72.8 Å². The molecule has 0 fully saturated rings. The van der Waals surface area contributed by atoms with Gasteiger partial charge in [-0.25, -0.2) is 4.79 Å². The van der Waals surface area contributed by atoms with Gasteiger partial charge < -0.3 is 18.9 Å². The Kier molecular flexibility index (Phi) is 5.48. The smallest absolute Gasteiger partial charge is 0.343 e. The SMILES string of the molecule is COc1ccc(C=CC(=O)c2ccc(OC(=O)c3ccc4c(c3)OCO4)cc2)cc1. The Hall–Kier alpha value is -4.06. The predicted molar refractivity (Wildman–Crippen MR) is 110 cm³/mol. The molecule has 1 heterocycles. The van der Waals surface area contributed by atoms with Crippen molar-refractivity contribution in [2.75, 3.05) is 13.9 Å². The number of methoxy groups -OCH3 is 1. The Bertz CT molecular complexity index is 1100. The summed E-state index contributed by atoms with van der Waals surface area (Å²) < 4.78 is 21.0. The van der Waals surface area contributed by atoms with Crippen LogP contribution in [0.4, 0.5) is 0 Å². The summed E-state index contributed by atoms with van der Waals surface area (Å²) in [7, 11) is 1.60. The summed E-state index contributed by atoms with van der Waals surface area (Å²) in [4.78, 5) is 24.7. The molecule has 6 heteroatoms. The fraction of sp³-hybridized carbons (Fsp3) is 0.0833. The Morgan fingerprint density at radius 2 is 1.50 bits per heavy atom. The van der Waals surface area contributed by atoms with Crippen molar-refractivity contribution in [3.63, 3.8) is 0 Å². The Morgan fingerprint density at radius 3 is 2.23 bits per heavy atom. The third kappa shape index (κ3) is 4.33. The van der Waals surface area contributed by atoms with Gasteiger partial charge in [-0.1, -0.05) is 18.2 Å². The van der Waals surface area contributed by atoms with Crippen LogP contribution in [0, 0.1) is 0 Å². The first-order valence-electron chi connectivity index (χ1n) is 9.21. The quantitative estimate of drug-likeness (QED) is 0.261. The van der Waals surface area contributed by atoms with Crippen LogP contribution in [-0.2, 0) is 0 Å². The molecule has 0 amide bonds. The molecule has 0 unspecified atom stereocenters. The van der Waals surface area contributed by atoms with Crippen molar-refractivity contribution in [2.45, 2.75) is 0 Å². The molecule has 1 aliphatic heterocycles. The molecule has 0 saturated carbocycles. The Morgan fingerprint density at radius 1 is 0.833 bits per heavy atom. The van der Waals surface area contributed by atoms with Crippen molar-refractivity contribution in [1.29, 1.82) is 0 Å². The molecule has 0 bridgehead atoms. The van der Waals surface area contributed by atoms with E-state index in [-0.39, 0.29) is 12.6 Å². The van der Waals surface area contributed by atoms with Gasteiger partial charge in [0.2, 0.25) is 6.79 Å². The van der Waals surface area contributed by atoms with Crippen molar-refractivity contribution in [2.24, 2.45) is 0 Å². The lowest BCUT2D eigenvalue weighted by Gasteiger charge is -2.06. The largest absolute Gasteiger partial charge is 0.497 e. The molecule has 3 aromatic carbocycles. The second-order valence-corrected chi connectivity index (χ2v) is 6.45. The summed E-state index contributed by atoms with van der Waals surface area (Å²) in [5.41, 5.74) is 1.72. The molecule has 0 radical (unpaired) electrons. The van der Waals surface area contributed by atoms with E-state index in [0.29, 0.717) is 28.4 Å². The van der Waals surface area contributed by atoms with E-state index in [4.69, 9.17) is 18.9 Å². The van der Waals surface area contributed by atoms with Crippen molar-refractivity contribution >= 4 is 17.8 Å². The van der Waals surface area contributed by atoms with Gasteiger partial charge in [0, 0.05) is 5.56 Å². The van der Waals surface area contributed by atoms with Gasteiger partial charge in [-0.15, -0.1) is 0 Å². The maximum atomic E-state index is 12.4. The van der Waals surface area contributed by atoms with Crippen molar-refractivity contribution in [3.8, 4) is 23.0 Å². The summed E-state index contributed by atoms with van der Waals surface area (Å²) in [6, 6.07) is 18.6. The number of hydrogen-bond donors (Lipinski definition) is 0. The number of carbonyl (C=O) groups is 2. The van der Waals surface area contributed by atoms with Crippen LogP contribution in [0.2, 0.25) is 0 Å². The minimum Gasteiger partial charge on any atom is -0.497 e. The molecule has 0 spiro atoms. The van der Waals surface area contributed by atoms with E-state index in [0.717, 1.165) is 11.3 Å². The molecule has 0 aromatic heterocycles. The summed E-state index contributed by atoms with van der Waals surface area (Å²) in [6.07, 6.45) is 3.23. The molecule has 6 nitrogen and oxygen atoms in total. The zero-order valence-electron chi connectivity index (χ0n) is 16.2. The molecule has 0 atom stereocenters. The van der Waals surface area contributed by atoms with Crippen LogP contribution in [0.5, 0.6) is 23.0 Å². The van der Waals surface area contributed by atoms with Crippen LogP contribution in [0.1, 0.15) is 26.3 Å². The van der Waals surface area contributed by atoms with Crippen molar-refractivity contribution < 1.29 is 28.5 Å². The number of carbonyl (C=O) groups excluding carboxylic acids is 2. The van der Waals surface area contributed by atoms with Gasteiger partial charge >= 0.3 is 5.97 Å².